The molecule has 0 bridgehead atoms. The maximum absolute atomic E-state index is 12.3. The smallest absolute Gasteiger partial charge is 0.126 e. The Hall–Kier alpha value is -0.230. The summed E-state index contributed by atoms with van der Waals surface area (Å²) >= 11 is 1.52. The minimum Gasteiger partial charge on any atom is -0.245 e. The molecule has 2 atom stereocenters. The van der Waals surface area contributed by atoms with Crippen LogP contribution in [0.2, 0.25) is 0 Å². The third-order valence-corrected chi connectivity index (χ3v) is 2.33. The van der Waals surface area contributed by atoms with Crippen LogP contribution in [0.4, 0.5) is 4.39 Å². The molecule has 0 amide bonds. The monoisotopic (exact) mass is 131 g/mol. The van der Waals surface area contributed by atoms with Gasteiger partial charge in [0.05, 0.1) is 12.0 Å². The highest BCUT2D eigenvalue weighted by atomic mass is 32.2. The molecule has 0 N–H and O–H groups in total. The van der Waals surface area contributed by atoms with Crippen molar-refractivity contribution in [2.24, 2.45) is 5.92 Å². The van der Waals surface area contributed by atoms with Crippen molar-refractivity contribution < 1.29 is 4.39 Å². The maximum Gasteiger partial charge on any atom is 0.126 e. The molecular weight excluding hydrogens is 125 g/mol. The molecule has 1 aliphatic heterocycles. The maximum atomic E-state index is 12.3. The molecule has 1 rings (SSSR count). The average molecular weight is 131 g/mol. The molecule has 3 heteroatoms. The van der Waals surface area contributed by atoms with Gasteiger partial charge in [-0.1, -0.05) is 0 Å². The molecular formula is C5H6FNS. The first-order valence-corrected chi connectivity index (χ1v) is 3.61. The van der Waals surface area contributed by atoms with E-state index in [0.29, 0.717) is 11.5 Å². The first-order chi connectivity index (χ1) is 3.84. The SMILES string of the molecule is N#CC1CSCC1F. The molecule has 44 valence electrons. The van der Waals surface area contributed by atoms with Crippen molar-refractivity contribution in [3.05, 3.63) is 0 Å². The third kappa shape index (κ3) is 0.948. The van der Waals surface area contributed by atoms with Crippen molar-refractivity contribution in [3.63, 3.8) is 0 Å². The number of halogens is 1. The Morgan fingerprint density at radius 1 is 1.62 bits per heavy atom. The lowest BCUT2D eigenvalue weighted by Crippen LogP contribution is -2.09. The molecule has 0 saturated carbocycles. The lowest BCUT2D eigenvalue weighted by molar-refractivity contribution is 0.325. The predicted molar refractivity (Wildman–Crippen MR) is 31.3 cm³/mol. The predicted octanol–water partition coefficient (Wildman–Crippen LogP) is 1.21. The van der Waals surface area contributed by atoms with Gasteiger partial charge in [0.1, 0.15) is 6.17 Å². The summed E-state index contributed by atoms with van der Waals surface area (Å²) in [6.45, 7) is 0. The second kappa shape index (κ2) is 2.36. The van der Waals surface area contributed by atoms with Crippen LogP contribution in [-0.4, -0.2) is 17.7 Å². The lowest BCUT2D eigenvalue weighted by atomic mass is 10.1. The van der Waals surface area contributed by atoms with E-state index in [0.717, 1.165) is 0 Å². The molecule has 0 aliphatic carbocycles. The van der Waals surface area contributed by atoms with Crippen LogP contribution in [0.25, 0.3) is 0 Å². The molecule has 1 nitrogen and oxygen atoms in total. The van der Waals surface area contributed by atoms with Gasteiger partial charge < -0.3 is 0 Å². The normalized spacial score (nSPS) is 37.0. The lowest BCUT2D eigenvalue weighted by Gasteiger charge is -1.96. The van der Waals surface area contributed by atoms with Crippen molar-refractivity contribution in [2.45, 2.75) is 6.17 Å². The fourth-order valence-electron chi connectivity index (χ4n) is 0.646. The molecule has 1 aliphatic rings. The molecule has 1 heterocycles. The number of alkyl halides is 1. The van der Waals surface area contributed by atoms with E-state index >= 15 is 0 Å². The standard InChI is InChI=1S/C5H6FNS/c6-5-3-8-2-4(5)1-7/h4-5H,2-3H2. The van der Waals surface area contributed by atoms with Crippen LogP contribution >= 0.6 is 11.8 Å². The number of hydrogen-bond acceptors (Lipinski definition) is 2. The van der Waals surface area contributed by atoms with Crippen molar-refractivity contribution in [1.29, 1.82) is 5.26 Å². The third-order valence-electron chi connectivity index (χ3n) is 1.18. The molecule has 0 spiro atoms. The van der Waals surface area contributed by atoms with Crippen molar-refractivity contribution >= 4 is 11.8 Å². The van der Waals surface area contributed by atoms with Crippen LogP contribution < -0.4 is 0 Å². The van der Waals surface area contributed by atoms with Crippen molar-refractivity contribution in [2.75, 3.05) is 11.5 Å². The van der Waals surface area contributed by atoms with Gasteiger partial charge in [0.15, 0.2) is 0 Å². The van der Waals surface area contributed by atoms with E-state index in [1.165, 1.54) is 11.8 Å². The molecule has 8 heavy (non-hydrogen) atoms. The first-order valence-electron chi connectivity index (χ1n) is 2.46. The van der Waals surface area contributed by atoms with Gasteiger partial charge in [-0.2, -0.15) is 17.0 Å². The van der Waals surface area contributed by atoms with Gasteiger partial charge in [0.25, 0.3) is 0 Å². The molecule has 2 unspecified atom stereocenters. The molecule has 0 radical (unpaired) electrons. The van der Waals surface area contributed by atoms with Gasteiger partial charge in [-0.3, -0.25) is 0 Å². The summed E-state index contributed by atoms with van der Waals surface area (Å²) in [6.07, 6.45) is -0.870. The largest absolute Gasteiger partial charge is 0.245 e. The topological polar surface area (TPSA) is 23.8 Å². The molecule has 1 saturated heterocycles. The van der Waals surface area contributed by atoms with Crippen LogP contribution in [0.1, 0.15) is 0 Å². The average Bonchev–Trinajstić information content (AvgIpc) is 2.14. The summed E-state index contributed by atoms with van der Waals surface area (Å²) < 4.78 is 12.3. The summed E-state index contributed by atoms with van der Waals surface area (Å²) in [4.78, 5) is 0. The van der Waals surface area contributed by atoms with Crippen LogP contribution in [0, 0.1) is 17.2 Å². The van der Waals surface area contributed by atoms with Crippen LogP contribution in [0.3, 0.4) is 0 Å². The Balaban J connectivity index is 2.45. The van der Waals surface area contributed by atoms with E-state index in [9.17, 15) is 4.39 Å². The van der Waals surface area contributed by atoms with Gasteiger partial charge in [0.2, 0.25) is 0 Å². The molecule has 0 aromatic heterocycles. The van der Waals surface area contributed by atoms with E-state index in [1.807, 2.05) is 6.07 Å². The van der Waals surface area contributed by atoms with Crippen LogP contribution in [-0.2, 0) is 0 Å². The minimum atomic E-state index is -0.870. The van der Waals surface area contributed by atoms with Gasteiger partial charge in [-0.15, -0.1) is 0 Å². The Bertz CT molecular complexity index is 120. The van der Waals surface area contributed by atoms with Gasteiger partial charge in [-0.05, 0) is 0 Å². The second-order valence-electron chi connectivity index (χ2n) is 1.79. The fraction of sp³-hybridized carbons (Fsp3) is 0.800. The van der Waals surface area contributed by atoms with E-state index < -0.39 is 6.17 Å². The highest BCUT2D eigenvalue weighted by Crippen LogP contribution is 2.25. The van der Waals surface area contributed by atoms with Gasteiger partial charge in [0, 0.05) is 11.5 Å². The van der Waals surface area contributed by atoms with E-state index in [2.05, 4.69) is 0 Å². The van der Waals surface area contributed by atoms with E-state index in [1.54, 1.807) is 0 Å². The number of nitrogens with zero attached hydrogens (tertiary/aromatic N) is 1. The molecule has 0 aromatic carbocycles. The van der Waals surface area contributed by atoms with Gasteiger partial charge >= 0.3 is 0 Å². The Labute approximate surface area is 51.9 Å². The Morgan fingerprint density at radius 2 is 2.38 bits per heavy atom. The van der Waals surface area contributed by atoms with Gasteiger partial charge in [-0.25, -0.2) is 4.39 Å². The quantitative estimate of drug-likeness (QED) is 0.493. The van der Waals surface area contributed by atoms with E-state index in [-0.39, 0.29) is 5.92 Å². The second-order valence-corrected chi connectivity index (χ2v) is 2.86. The Morgan fingerprint density at radius 3 is 2.62 bits per heavy atom. The minimum absolute atomic E-state index is 0.333. The van der Waals surface area contributed by atoms with Crippen LogP contribution in [0.15, 0.2) is 0 Å². The highest BCUT2D eigenvalue weighted by Gasteiger charge is 2.26. The zero-order valence-electron chi connectivity index (χ0n) is 4.30. The summed E-state index contributed by atoms with van der Waals surface area (Å²) in [7, 11) is 0. The Kier molecular flexibility index (Phi) is 1.74. The fourth-order valence-corrected chi connectivity index (χ4v) is 1.78. The van der Waals surface area contributed by atoms with Crippen LogP contribution in [0.5, 0.6) is 0 Å². The summed E-state index contributed by atoms with van der Waals surface area (Å²) in [5, 5.41) is 8.23. The zero-order valence-corrected chi connectivity index (χ0v) is 5.12. The molecule has 0 aromatic rings. The van der Waals surface area contributed by atoms with E-state index in [4.69, 9.17) is 5.26 Å². The zero-order chi connectivity index (χ0) is 5.98. The summed E-state index contributed by atoms with van der Waals surface area (Å²) in [5.41, 5.74) is 0. The number of thioether (sulfide) groups is 1. The number of hydrogen-bond donors (Lipinski definition) is 0. The summed E-state index contributed by atoms with van der Waals surface area (Å²) in [5.74, 6) is 0.857. The number of nitriles is 1. The molecule has 1 fully saturated rings. The first kappa shape index (κ1) is 5.90. The van der Waals surface area contributed by atoms with Crippen molar-refractivity contribution in [1.82, 2.24) is 0 Å². The highest BCUT2D eigenvalue weighted by molar-refractivity contribution is 7.99. The van der Waals surface area contributed by atoms with Crippen molar-refractivity contribution in [3.8, 4) is 6.07 Å². The summed E-state index contributed by atoms with van der Waals surface area (Å²) in [6, 6.07) is 1.92. The number of rotatable bonds is 0.